The van der Waals surface area contributed by atoms with Crippen LogP contribution in [0.3, 0.4) is 0 Å². The Morgan fingerprint density at radius 2 is 2.05 bits per heavy atom. The fourth-order valence-electron chi connectivity index (χ4n) is 2.49. The van der Waals surface area contributed by atoms with E-state index in [0.717, 1.165) is 0 Å². The molecule has 1 aromatic rings. The lowest BCUT2D eigenvalue weighted by atomic mass is 9.90. The second-order valence-corrected chi connectivity index (χ2v) is 6.22. The van der Waals surface area contributed by atoms with Gasteiger partial charge in [0.15, 0.2) is 0 Å². The smallest absolute Gasteiger partial charge is 0.253 e. The van der Waals surface area contributed by atoms with Crippen molar-refractivity contribution in [2.75, 3.05) is 4.90 Å². The van der Waals surface area contributed by atoms with Gasteiger partial charge in [-0.15, -0.1) is 0 Å². The molecule has 0 radical (unpaired) electrons. The van der Waals surface area contributed by atoms with Gasteiger partial charge in [-0.2, -0.15) is 0 Å². The van der Waals surface area contributed by atoms with Crippen LogP contribution >= 0.6 is 15.9 Å². The third-order valence-electron chi connectivity index (χ3n) is 3.97. The summed E-state index contributed by atoms with van der Waals surface area (Å²) in [5.41, 5.74) is -0.574. The van der Waals surface area contributed by atoms with Crippen LogP contribution in [0.25, 0.3) is 0 Å². The molecule has 6 heteroatoms. The number of hydrogen-bond acceptors (Lipinski definition) is 2. The lowest BCUT2D eigenvalue weighted by Crippen LogP contribution is -2.69. The molecule has 0 aromatic heterocycles. The van der Waals surface area contributed by atoms with Crippen molar-refractivity contribution in [3.63, 3.8) is 0 Å². The topological polar surface area (TPSA) is 49.4 Å². The van der Waals surface area contributed by atoms with Crippen LogP contribution in [0.1, 0.15) is 33.6 Å². The van der Waals surface area contributed by atoms with E-state index in [9.17, 15) is 14.0 Å². The quantitative estimate of drug-likeness (QED) is 0.904. The number of anilines is 1. The molecule has 1 saturated heterocycles. The number of carbonyl (C=O) groups excluding carboxylic acids is 2. The number of nitrogens with one attached hydrogen (secondary N) is 1. The van der Waals surface area contributed by atoms with Gasteiger partial charge >= 0.3 is 0 Å². The summed E-state index contributed by atoms with van der Waals surface area (Å²) in [6, 6.07) is 3.50. The second-order valence-electron chi connectivity index (χ2n) is 5.37. The van der Waals surface area contributed by atoms with E-state index in [0.29, 0.717) is 23.0 Å². The minimum atomic E-state index is -0.964. The van der Waals surface area contributed by atoms with Gasteiger partial charge < -0.3 is 5.32 Å². The van der Waals surface area contributed by atoms with E-state index in [4.69, 9.17) is 0 Å². The average Bonchev–Trinajstić information content (AvgIpc) is 2.45. The third kappa shape index (κ3) is 2.69. The first-order valence-corrected chi connectivity index (χ1v) is 7.74. The highest BCUT2D eigenvalue weighted by atomic mass is 79.9. The average molecular weight is 357 g/mol. The molecular formula is C15H18BrFN2O2. The normalized spacial score (nSPS) is 26.0. The van der Waals surface area contributed by atoms with Crippen LogP contribution in [-0.2, 0) is 9.59 Å². The molecule has 1 aromatic carbocycles. The molecule has 1 fully saturated rings. The minimum absolute atomic E-state index is 0.211. The van der Waals surface area contributed by atoms with Gasteiger partial charge in [0.1, 0.15) is 17.4 Å². The van der Waals surface area contributed by atoms with E-state index in [1.807, 2.05) is 13.8 Å². The zero-order valence-corrected chi connectivity index (χ0v) is 13.8. The number of rotatable bonds is 3. The molecular weight excluding hydrogens is 339 g/mol. The van der Waals surface area contributed by atoms with Gasteiger partial charge in [-0.25, -0.2) is 4.39 Å². The van der Waals surface area contributed by atoms with E-state index in [-0.39, 0.29) is 11.8 Å². The first kappa shape index (κ1) is 15.9. The largest absolute Gasteiger partial charge is 0.340 e. The maximum Gasteiger partial charge on any atom is 0.253 e. The maximum atomic E-state index is 13.6. The summed E-state index contributed by atoms with van der Waals surface area (Å²) in [7, 11) is 0. The van der Waals surface area contributed by atoms with E-state index >= 15 is 0 Å². The Balaban J connectivity index is 2.57. The van der Waals surface area contributed by atoms with Crippen molar-refractivity contribution >= 4 is 33.4 Å². The molecule has 0 spiro atoms. The summed E-state index contributed by atoms with van der Waals surface area (Å²) in [6.45, 7) is 5.36. The molecule has 0 bridgehead atoms. The Hall–Kier alpha value is -1.43. The molecule has 2 rings (SSSR count). The van der Waals surface area contributed by atoms with Crippen LogP contribution in [0.2, 0.25) is 0 Å². The summed E-state index contributed by atoms with van der Waals surface area (Å²) in [4.78, 5) is 26.5. The summed E-state index contributed by atoms with van der Waals surface area (Å²) >= 11 is 3.34. The standard InChI is InChI=1S/C15H18BrFN2O2/c1-4-11-13(20)18-15(3,5-2)14(21)19(11)12-8-9(17)6-7-10(12)16/h6-8,11H,4-5H2,1-3H3,(H,18,20). The Morgan fingerprint density at radius 3 is 2.62 bits per heavy atom. The summed E-state index contributed by atoms with van der Waals surface area (Å²) < 4.78 is 14.2. The number of halogens is 2. The Kier molecular flexibility index (Phi) is 4.37. The third-order valence-corrected chi connectivity index (χ3v) is 4.64. The van der Waals surface area contributed by atoms with Gasteiger partial charge in [-0.05, 0) is 53.9 Å². The predicted octanol–water partition coefficient (Wildman–Crippen LogP) is 3.00. The fraction of sp³-hybridized carbons (Fsp3) is 0.467. The molecule has 21 heavy (non-hydrogen) atoms. The van der Waals surface area contributed by atoms with Crippen LogP contribution in [0.4, 0.5) is 10.1 Å². The number of piperazine rings is 1. The molecule has 1 N–H and O–H groups in total. The highest BCUT2D eigenvalue weighted by molar-refractivity contribution is 9.10. The number of nitrogens with zero attached hydrogens (tertiary/aromatic N) is 1. The summed E-state index contributed by atoms with van der Waals surface area (Å²) in [5.74, 6) is -0.875. The monoisotopic (exact) mass is 356 g/mol. The molecule has 2 atom stereocenters. The second kappa shape index (κ2) is 5.75. The van der Waals surface area contributed by atoms with Crippen LogP contribution in [-0.4, -0.2) is 23.4 Å². The lowest BCUT2D eigenvalue weighted by Gasteiger charge is -2.44. The highest BCUT2D eigenvalue weighted by Crippen LogP contribution is 2.34. The number of hydrogen-bond donors (Lipinski definition) is 1. The molecule has 0 saturated carbocycles. The summed E-state index contributed by atoms with van der Waals surface area (Å²) in [6.07, 6.45) is 0.928. The minimum Gasteiger partial charge on any atom is -0.340 e. The van der Waals surface area contributed by atoms with Gasteiger partial charge in [-0.1, -0.05) is 13.8 Å². The first-order valence-electron chi connectivity index (χ1n) is 6.94. The molecule has 0 aliphatic carbocycles. The number of carbonyl (C=O) groups is 2. The Morgan fingerprint density at radius 1 is 1.38 bits per heavy atom. The first-order chi connectivity index (χ1) is 9.84. The molecule has 1 aliphatic rings. The van der Waals surface area contributed by atoms with Crippen molar-refractivity contribution in [1.29, 1.82) is 0 Å². The van der Waals surface area contributed by atoms with Gasteiger partial charge in [0.2, 0.25) is 5.91 Å². The lowest BCUT2D eigenvalue weighted by molar-refractivity contribution is -0.138. The highest BCUT2D eigenvalue weighted by Gasteiger charge is 2.47. The predicted molar refractivity (Wildman–Crippen MR) is 82.5 cm³/mol. The van der Waals surface area contributed by atoms with Crippen LogP contribution < -0.4 is 10.2 Å². The number of amides is 2. The zero-order valence-electron chi connectivity index (χ0n) is 12.2. The fourth-order valence-corrected chi connectivity index (χ4v) is 2.93. The van der Waals surface area contributed by atoms with Crippen molar-refractivity contribution in [2.24, 2.45) is 0 Å². The van der Waals surface area contributed by atoms with Gasteiger partial charge in [0, 0.05) is 4.47 Å². The van der Waals surface area contributed by atoms with Crippen molar-refractivity contribution < 1.29 is 14.0 Å². The molecule has 2 amide bonds. The summed E-state index contributed by atoms with van der Waals surface area (Å²) in [5, 5.41) is 2.79. The number of benzene rings is 1. The van der Waals surface area contributed by atoms with Gasteiger partial charge in [0.25, 0.3) is 5.91 Å². The molecule has 2 unspecified atom stereocenters. The van der Waals surface area contributed by atoms with E-state index in [1.54, 1.807) is 13.0 Å². The van der Waals surface area contributed by atoms with Crippen LogP contribution in [0.15, 0.2) is 22.7 Å². The van der Waals surface area contributed by atoms with E-state index in [2.05, 4.69) is 21.2 Å². The van der Waals surface area contributed by atoms with Crippen molar-refractivity contribution in [1.82, 2.24) is 5.32 Å². The van der Waals surface area contributed by atoms with Crippen LogP contribution in [0, 0.1) is 5.82 Å². The van der Waals surface area contributed by atoms with Gasteiger partial charge in [0.05, 0.1) is 5.69 Å². The van der Waals surface area contributed by atoms with E-state index in [1.165, 1.54) is 17.0 Å². The Bertz CT molecular complexity index is 593. The zero-order chi connectivity index (χ0) is 15.8. The molecule has 114 valence electrons. The Labute approximate surface area is 131 Å². The van der Waals surface area contributed by atoms with Crippen molar-refractivity contribution in [3.8, 4) is 0 Å². The SMILES string of the molecule is CCC1C(=O)NC(C)(CC)C(=O)N1c1cc(F)ccc1Br. The maximum absolute atomic E-state index is 13.6. The van der Waals surface area contributed by atoms with Crippen molar-refractivity contribution in [2.45, 2.75) is 45.2 Å². The molecule has 1 heterocycles. The van der Waals surface area contributed by atoms with E-state index < -0.39 is 17.4 Å². The molecule has 1 aliphatic heterocycles. The molecule has 4 nitrogen and oxygen atoms in total. The van der Waals surface area contributed by atoms with Gasteiger partial charge in [-0.3, -0.25) is 14.5 Å². The van der Waals surface area contributed by atoms with Crippen LogP contribution in [0.5, 0.6) is 0 Å². The van der Waals surface area contributed by atoms with Crippen molar-refractivity contribution in [3.05, 3.63) is 28.5 Å².